The van der Waals surface area contributed by atoms with Crippen LogP contribution >= 0.6 is 0 Å². The molecular formula is C15H14O3. The lowest BCUT2D eigenvalue weighted by Crippen LogP contribution is -2.05. The summed E-state index contributed by atoms with van der Waals surface area (Å²) in [6.07, 6.45) is 2.99. The molecule has 0 fully saturated rings. The van der Waals surface area contributed by atoms with Gasteiger partial charge in [0.15, 0.2) is 0 Å². The molecule has 3 heteroatoms. The lowest BCUT2D eigenvalue weighted by molar-refractivity contribution is -0.128. The van der Waals surface area contributed by atoms with Crippen LogP contribution in [0.5, 0.6) is 11.5 Å². The molecule has 0 atom stereocenters. The fourth-order valence-corrected chi connectivity index (χ4v) is 1.87. The number of phenolic OH excluding ortho intramolecular Hbond substituents is 1. The van der Waals surface area contributed by atoms with Crippen molar-refractivity contribution in [3.05, 3.63) is 48.0 Å². The molecule has 0 unspecified atom stereocenters. The molecule has 0 amide bonds. The molecule has 0 heterocycles. The van der Waals surface area contributed by atoms with Gasteiger partial charge in [-0.25, -0.2) is 4.79 Å². The van der Waals surface area contributed by atoms with Crippen LogP contribution in [0.3, 0.4) is 0 Å². The van der Waals surface area contributed by atoms with Crippen LogP contribution in [0.15, 0.2) is 42.5 Å². The Hall–Kier alpha value is -2.29. The smallest absolute Gasteiger partial charge is 0.335 e. The van der Waals surface area contributed by atoms with Crippen LogP contribution in [0.2, 0.25) is 0 Å². The van der Waals surface area contributed by atoms with E-state index in [1.54, 1.807) is 32.1 Å². The number of hydrogen-bond acceptors (Lipinski definition) is 3. The zero-order valence-corrected chi connectivity index (χ0v) is 10.3. The molecule has 0 radical (unpaired) electrons. The Kier molecular flexibility index (Phi) is 3.33. The number of aromatic hydroxyl groups is 1. The summed E-state index contributed by atoms with van der Waals surface area (Å²) in [6.45, 7) is 3.55. The fraction of sp³-hybridized carbons (Fsp3) is 0.133. The van der Waals surface area contributed by atoms with E-state index in [1.807, 2.05) is 18.2 Å². The van der Waals surface area contributed by atoms with E-state index in [2.05, 4.69) is 0 Å². The molecular weight excluding hydrogens is 228 g/mol. The normalized spacial score (nSPS) is 11.0. The first-order valence-electron chi connectivity index (χ1n) is 5.69. The number of benzene rings is 2. The molecule has 0 spiro atoms. The van der Waals surface area contributed by atoms with Crippen LogP contribution in [0, 0.1) is 6.92 Å². The molecule has 0 saturated carbocycles. The molecule has 2 aromatic rings. The van der Waals surface area contributed by atoms with E-state index in [-0.39, 0.29) is 5.75 Å². The van der Waals surface area contributed by atoms with Crippen molar-refractivity contribution in [2.75, 3.05) is 0 Å². The third-order valence-corrected chi connectivity index (χ3v) is 2.66. The zero-order valence-electron chi connectivity index (χ0n) is 10.3. The minimum Gasteiger partial charge on any atom is -0.507 e. The van der Waals surface area contributed by atoms with Crippen LogP contribution < -0.4 is 4.74 Å². The third kappa shape index (κ3) is 2.20. The summed E-state index contributed by atoms with van der Waals surface area (Å²) in [5.41, 5.74) is 0.726. The second-order valence-corrected chi connectivity index (χ2v) is 4.01. The Morgan fingerprint density at radius 1 is 1.28 bits per heavy atom. The lowest BCUT2D eigenvalue weighted by Gasteiger charge is -2.11. The number of carbonyl (C=O) groups is 1. The number of phenols is 1. The third-order valence-electron chi connectivity index (χ3n) is 2.66. The Morgan fingerprint density at radius 2 is 1.94 bits per heavy atom. The number of allylic oxidation sites excluding steroid dienone is 1. The molecule has 92 valence electrons. The van der Waals surface area contributed by atoms with Crippen molar-refractivity contribution in [2.45, 2.75) is 13.8 Å². The molecule has 2 aromatic carbocycles. The number of fused-ring (bicyclic) bond motifs is 1. The highest BCUT2D eigenvalue weighted by molar-refractivity contribution is 5.96. The van der Waals surface area contributed by atoms with Crippen molar-refractivity contribution in [1.82, 2.24) is 0 Å². The Bertz CT molecular complexity index is 627. The second-order valence-electron chi connectivity index (χ2n) is 4.01. The van der Waals surface area contributed by atoms with E-state index in [4.69, 9.17) is 4.74 Å². The van der Waals surface area contributed by atoms with Crippen LogP contribution in [-0.2, 0) is 4.79 Å². The van der Waals surface area contributed by atoms with Gasteiger partial charge in [0.1, 0.15) is 11.5 Å². The SMILES string of the molecule is C/C=C/C(=O)Oc1c(C)cc(O)c2ccccc12. The first kappa shape index (κ1) is 12.2. The maximum atomic E-state index is 11.5. The van der Waals surface area contributed by atoms with Gasteiger partial charge in [-0.15, -0.1) is 0 Å². The average Bonchev–Trinajstić information content (AvgIpc) is 2.35. The van der Waals surface area contributed by atoms with Crippen LogP contribution in [0.25, 0.3) is 10.8 Å². The first-order chi connectivity index (χ1) is 8.63. The molecule has 1 N–H and O–H groups in total. The van der Waals surface area contributed by atoms with Gasteiger partial charge in [0.05, 0.1) is 0 Å². The van der Waals surface area contributed by atoms with Gasteiger partial charge < -0.3 is 9.84 Å². The monoisotopic (exact) mass is 242 g/mol. The first-order valence-corrected chi connectivity index (χ1v) is 5.69. The summed E-state index contributed by atoms with van der Waals surface area (Å²) in [7, 11) is 0. The molecule has 0 aliphatic rings. The fourth-order valence-electron chi connectivity index (χ4n) is 1.87. The van der Waals surface area contributed by atoms with E-state index in [9.17, 15) is 9.90 Å². The average molecular weight is 242 g/mol. The number of ether oxygens (including phenoxy) is 1. The van der Waals surface area contributed by atoms with Crippen molar-refractivity contribution >= 4 is 16.7 Å². The molecule has 0 aliphatic carbocycles. The highest BCUT2D eigenvalue weighted by Gasteiger charge is 2.12. The van der Waals surface area contributed by atoms with Crippen LogP contribution in [0.1, 0.15) is 12.5 Å². The number of aryl methyl sites for hydroxylation is 1. The molecule has 0 saturated heterocycles. The molecule has 3 nitrogen and oxygen atoms in total. The number of hydrogen-bond donors (Lipinski definition) is 1. The van der Waals surface area contributed by atoms with E-state index in [1.165, 1.54) is 6.08 Å². The van der Waals surface area contributed by atoms with Gasteiger partial charge in [-0.2, -0.15) is 0 Å². The van der Waals surface area contributed by atoms with Crippen LogP contribution in [-0.4, -0.2) is 11.1 Å². The Morgan fingerprint density at radius 3 is 2.61 bits per heavy atom. The van der Waals surface area contributed by atoms with Crippen molar-refractivity contribution < 1.29 is 14.6 Å². The Balaban J connectivity index is 2.59. The Labute approximate surface area is 105 Å². The van der Waals surface area contributed by atoms with Gasteiger partial charge in [0.2, 0.25) is 0 Å². The summed E-state index contributed by atoms with van der Waals surface area (Å²) in [5, 5.41) is 11.3. The standard InChI is InChI=1S/C15H14O3/c1-3-6-14(17)18-15-10(2)9-13(16)11-7-4-5-8-12(11)15/h3-9,16H,1-2H3/b6-3+. The summed E-state index contributed by atoms with van der Waals surface area (Å²) in [5.74, 6) is 0.261. The predicted octanol–water partition coefficient (Wildman–Crippen LogP) is 3.34. The van der Waals surface area contributed by atoms with Crippen molar-refractivity contribution in [2.24, 2.45) is 0 Å². The molecule has 0 bridgehead atoms. The number of carbonyl (C=O) groups excluding carboxylic acids is 1. The van der Waals surface area contributed by atoms with Gasteiger partial charge in [-0.05, 0) is 25.5 Å². The van der Waals surface area contributed by atoms with E-state index in [0.717, 1.165) is 10.9 Å². The number of esters is 1. The summed E-state index contributed by atoms with van der Waals surface area (Å²) in [4.78, 5) is 11.5. The van der Waals surface area contributed by atoms with E-state index < -0.39 is 5.97 Å². The highest BCUT2D eigenvalue weighted by atomic mass is 16.5. The van der Waals surface area contributed by atoms with Gasteiger partial charge in [0.25, 0.3) is 0 Å². The topological polar surface area (TPSA) is 46.5 Å². The van der Waals surface area contributed by atoms with E-state index in [0.29, 0.717) is 11.1 Å². The van der Waals surface area contributed by atoms with Crippen molar-refractivity contribution in [3.8, 4) is 11.5 Å². The molecule has 0 aliphatic heterocycles. The summed E-state index contributed by atoms with van der Waals surface area (Å²) < 4.78 is 5.32. The largest absolute Gasteiger partial charge is 0.507 e. The van der Waals surface area contributed by atoms with Gasteiger partial charge in [-0.1, -0.05) is 30.3 Å². The second kappa shape index (κ2) is 4.92. The minimum absolute atomic E-state index is 0.189. The van der Waals surface area contributed by atoms with E-state index >= 15 is 0 Å². The van der Waals surface area contributed by atoms with Gasteiger partial charge >= 0.3 is 5.97 Å². The molecule has 18 heavy (non-hydrogen) atoms. The van der Waals surface area contributed by atoms with Crippen LogP contribution in [0.4, 0.5) is 0 Å². The van der Waals surface area contributed by atoms with Gasteiger partial charge in [0, 0.05) is 16.8 Å². The highest BCUT2D eigenvalue weighted by Crippen LogP contribution is 2.35. The summed E-state index contributed by atoms with van der Waals surface area (Å²) >= 11 is 0. The number of rotatable bonds is 2. The molecule has 2 rings (SSSR count). The quantitative estimate of drug-likeness (QED) is 0.499. The zero-order chi connectivity index (χ0) is 13.1. The van der Waals surface area contributed by atoms with Gasteiger partial charge in [-0.3, -0.25) is 0 Å². The minimum atomic E-state index is -0.420. The van der Waals surface area contributed by atoms with Crippen molar-refractivity contribution in [1.29, 1.82) is 0 Å². The van der Waals surface area contributed by atoms with Crippen molar-refractivity contribution in [3.63, 3.8) is 0 Å². The maximum Gasteiger partial charge on any atom is 0.335 e. The molecule has 0 aromatic heterocycles. The lowest BCUT2D eigenvalue weighted by atomic mass is 10.0. The predicted molar refractivity (Wildman–Crippen MR) is 70.8 cm³/mol. The summed E-state index contributed by atoms with van der Waals surface area (Å²) in [6, 6.07) is 8.88. The maximum absolute atomic E-state index is 11.5.